The highest BCUT2D eigenvalue weighted by Gasteiger charge is 2.15. The smallest absolute Gasteiger partial charge is 0.254 e. The Bertz CT molecular complexity index is 513. The first kappa shape index (κ1) is 14.4. The summed E-state index contributed by atoms with van der Waals surface area (Å²) in [4.78, 5) is 13.4. The summed E-state index contributed by atoms with van der Waals surface area (Å²) in [6.07, 6.45) is 1.16. The largest absolute Gasteiger partial charge is 0.341 e. The molecular formula is C11H14INO3S. The van der Waals surface area contributed by atoms with E-state index in [2.05, 4.69) is 22.6 Å². The molecule has 1 rings (SSSR count). The first-order chi connectivity index (χ1) is 7.81. The first-order valence-corrected chi connectivity index (χ1v) is 8.13. The molecule has 1 aromatic carbocycles. The average molecular weight is 367 g/mol. The average Bonchev–Trinajstić information content (AvgIpc) is 2.24. The van der Waals surface area contributed by atoms with Gasteiger partial charge in [0.15, 0.2) is 0 Å². The third kappa shape index (κ3) is 4.63. The molecule has 0 unspecified atom stereocenters. The van der Waals surface area contributed by atoms with Crippen LogP contribution in [0.5, 0.6) is 0 Å². The number of amides is 1. The maximum Gasteiger partial charge on any atom is 0.254 e. The Hall–Kier alpha value is -0.630. The summed E-state index contributed by atoms with van der Waals surface area (Å²) in [5.74, 6) is -0.169. The first-order valence-electron chi connectivity index (χ1n) is 4.99. The molecule has 0 aliphatic rings. The molecule has 0 saturated heterocycles. The molecule has 0 atom stereocenters. The van der Waals surface area contributed by atoms with Gasteiger partial charge in [0.2, 0.25) is 0 Å². The van der Waals surface area contributed by atoms with Gasteiger partial charge in [-0.25, -0.2) is 8.42 Å². The van der Waals surface area contributed by atoms with E-state index in [0.29, 0.717) is 5.56 Å². The van der Waals surface area contributed by atoms with E-state index >= 15 is 0 Å². The predicted molar refractivity (Wildman–Crippen MR) is 75.8 cm³/mol. The van der Waals surface area contributed by atoms with Crippen LogP contribution in [0.25, 0.3) is 0 Å². The van der Waals surface area contributed by atoms with Crippen LogP contribution in [0.4, 0.5) is 0 Å². The summed E-state index contributed by atoms with van der Waals surface area (Å²) >= 11 is 2.09. The Morgan fingerprint density at radius 3 is 2.47 bits per heavy atom. The van der Waals surface area contributed by atoms with Gasteiger partial charge in [0.1, 0.15) is 9.84 Å². The van der Waals surface area contributed by atoms with Crippen LogP contribution in [-0.2, 0) is 9.84 Å². The minimum atomic E-state index is -3.04. The molecule has 0 aliphatic carbocycles. The van der Waals surface area contributed by atoms with E-state index in [9.17, 15) is 13.2 Å². The van der Waals surface area contributed by atoms with Crippen LogP contribution in [0.3, 0.4) is 0 Å². The molecule has 17 heavy (non-hydrogen) atoms. The second-order valence-corrected chi connectivity index (χ2v) is 7.26. The summed E-state index contributed by atoms with van der Waals surface area (Å²) in [5.41, 5.74) is 0.601. The minimum Gasteiger partial charge on any atom is -0.341 e. The van der Waals surface area contributed by atoms with E-state index in [1.54, 1.807) is 19.2 Å². The summed E-state index contributed by atoms with van der Waals surface area (Å²) in [6.45, 7) is 0.211. The topological polar surface area (TPSA) is 54.5 Å². The summed E-state index contributed by atoms with van der Waals surface area (Å²) in [5, 5.41) is 0. The minimum absolute atomic E-state index is 0.0152. The number of rotatable bonds is 4. The summed E-state index contributed by atoms with van der Waals surface area (Å²) < 4.78 is 22.9. The fourth-order valence-electron chi connectivity index (χ4n) is 1.24. The number of hydrogen-bond donors (Lipinski definition) is 0. The van der Waals surface area contributed by atoms with Gasteiger partial charge in [0.05, 0.1) is 11.3 Å². The van der Waals surface area contributed by atoms with Crippen molar-refractivity contribution in [3.05, 3.63) is 33.4 Å². The van der Waals surface area contributed by atoms with Crippen molar-refractivity contribution in [2.24, 2.45) is 0 Å². The summed E-state index contributed by atoms with van der Waals surface area (Å²) in [6, 6.07) is 7.23. The van der Waals surface area contributed by atoms with Crippen molar-refractivity contribution in [3.8, 4) is 0 Å². The molecule has 6 heteroatoms. The van der Waals surface area contributed by atoms with Gasteiger partial charge in [-0.15, -0.1) is 0 Å². The van der Waals surface area contributed by atoms with Gasteiger partial charge >= 0.3 is 0 Å². The lowest BCUT2D eigenvalue weighted by Gasteiger charge is -2.17. The molecule has 4 nitrogen and oxygen atoms in total. The molecule has 94 valence electrons. The molecule has 1 amide bonds. The van der Waals surface area contributed by atoms with E-state index in [1.165, 1.54) is 4.90 Å². The molecule has 0 aromatic heterocycles. The Morgan fingerprint density at radius 1 is 1.35 bits per heavy atom. The van der Waals surface area contributed by atoms with Crippen LogP contribution in [0, 0.1) is 3.57 Å². The van der Waals surface area contributed by atoms with Gasteiger partial charge in [0.25, 0.3) is 5.91 Å². The van der Waals surface area contributed by atoms with Crippen LogP contribution < -0.4 is 0 Å². The molecular weight excluding hydrogens is 353 g/mol. The lowest BCUT2D eigenvalue weighted by Crippen LogP contribution is -2.31. The second-order valence-electron chi connectivity index (χ2n) is 3.84. The van der Waals surface area contributed by atoms with Crippen molar-refractivity contribution in [2.45, 2.75) is 0 Å². The van der Waals surface area contributed by atoms with E-state index in [-0.39, 0.29) is 18.2 Å². The number of hydrogen-bond acceptors (Lipinski definition) is 3. The normalized spacial score (nSPS) is 11.2. The molecule has 0 radical (unpaired) electrons. The maximum atomic E-state index is 12.0. The fraction of sp³-hybridized carbons (Fsp3) is 0.364. The highest BCUT2D eigenvalue weighted by Crippen LogP contribution is 2.13. The van der Waals surface area contributed by atoms with Crippen molar-refractivity contribution in [3.63, 3.8) is 0 Å². The van der Waals surface area contributed by atoms with Crippen LogP contribution in [0.1, 0.15) is 10.4 Å². The van der Waals surface area contributed by atoms with Crippen molar-refractivity contribution in [2.75, 3.05) is 25.6 Å². The van der Waals surface area contributed by atoms with Crippen LogP contribution in [0.15, 0.2) is 24.3 Å². The van der Waals surface area contributed by atoms with Crippen molar-refractivity contribution in [1.82, 2.24) is 4.90 Å². The number of halogens is 1. The predicted octanol–water partition coefficient (Wildman–Crippen LogP) is 1.41. The van der Waals surface area contributed by atoms with Gasteiger partial charge in [-0.3, -0.25) is 4.79 Å². The van der Waals surface area contributed by atoms with E-state index < -0.39 is 9.84 Å². The standard InChI is InChI=1S/C11H14INO3S/c1-13(7-8-17(2,15)16)11(14)9-5-3-4-6-10(9)12/h3-6H,7-8H2,1-2H3. The lowest BCUT2D eigenvalue weighted by molar-refractivity contribution is 0.0802. The third-order valence-corrected chi connectivity index (χ3v) is 4.11. The number of carbonyl (C=O) groups is 1. The Morgan fingerprint density at radius 2 is 1.94 bits per heavy atom. The number of nitrogens with zero attached hydrogens (tertiary/aromatic N) is 1. The highest BCUT2D eigenvalue weighted by molar-refractivity contribution is 14.1. The van der Waals surface area contributed by atoms with Crippen LogP contribution >= 0.6 is 22.6 Å². The zero-order chi connectivity index (χ0) is 13.1. The SMILES string of the molecule is CN(CCS(C)(=O)=O)C(=O)c1ccccc1I. The zero-order valence-electron chi connectivity index (χ0n) is 9.68. The van der Waals surface area contributed by atoms with Gasteiger partial charge in [-0.2, -0.15) is 0 Å². The second kappa shape index (κ2) is 5.81. The lowest BCUT2D eigenvalue weighted by atomic mass is 10.2. The van der Waals surface area contributed by atoms with Crippen molar-refractivity contribution >= 4 is 38.3 Å². The molecule has 0 spiro atoms. The van der Waals surface area contributed by atoms with Crippen molar-refractivity contribution < 1.29 is 13.2 Å². The molecule has 0 N–H and O–H groups in total. The highest BCUT2D eigenvalue weighted by atomic mass is 127. The zero-order valence-corrected chi connectivity index (χ0v) is 12.7. The molecule has 0 aliphatic heterocycles. The molecule has 0 bridgehead atoms. The molecule has 0 saturated carbocycles. The van der Waals surface area contributed by atoms with Crippen LogP contribution in [-0.4, -0.2) is 44.8 Å². The van der Waals surface area contributed by atoms with Gasteiger partial charge in [-0.1, -0.05) is 12.1 Å². The van der Waals surface area contributed by atoms with Gasteiger partial charge in [0, 0.05) is 23.4 Å². The van der Waals surface area contributed by atoms with E-state index in [0.717, 1.165) is 9.83 Å². The molecule has 0 fully saturated rings. The summed E-state index contributed by atoms with van der Waals surface area (Å²) in [7, 11) is -1.43. The van der Waals surface area contributed by atoms with E-state index in [4.69, 9.17) is 0 Å². The Labute approximate surface area is 115 Å². The number of carbonyl (C=O) groups excluding carboxylic acids is 1. The Kier molecular flexibility index (Phi) is 4.93. The fourth-order valence-corrected chi connectivity index (χ4v) is 2.47. The van der Waals surface area contributed by atoms with Crippen LogP contribution in [0.2, 0.25) is 0 Å². The maximum absolute atomic E-state index is 12.0. The monoisotopic (exact) mass is 367 g/mol. The number of benzene rings is 1. The van der Waals surface area contributed by atoms with Gasteiger partial charge < -0.3 is 4.90 Å². The Balaban J connectivity index is 2.74. The quantitative estimate of drug-likeness (QED) is 0.757. The third-order valence-electron chi connectivity index (χ3n) is 2.25. The molecule has 1 aromatic rings. The number of sulfone groups is 1. The van der Waals surface area contributed by atoms with Gasteiger partial charge in [-0.05, 0) is 34.7 Å². The molecule has 0 heterocycles. The van der Waals surface area contributed by atoms with E-state index in [1.807, 2.05) is 12.1 Å². The van der Waals surface area contributed by atoms with Crippen molar-refractivity contribution in [1.29, 1.82) is 0 Å².